The van der Waals surface area contributed by atoms with Gasteiger partial charge in [-0.1, -0.05) is 0 Å². The summed E-state index contributed by atoms with van der Waals surface area (Å²) in [5.74, 6) is 1.02. The molecule has 0 saturated heterocycles. The molecule has 1 saturated carbocycles. The van der Waals surface area contributed by atoms with Crippen LogP contribution in [0.1, 0.15) is 32.6 Å². The SMILES string of the molecule is COc1ccc(SCCCC(C)(NC2CC2)C(=O)O)cc1. The van der Waals surface area contributed by atoms with E-state index in [9.17, 15) is 9.90 Å². The van der Waals surface area contributed by atoms with Gasteiger partial charge >= 0.3 is 5.97 Å². The summed E-state index contributed by atoms with van der Waals surface area (Å²) >= 11 is 1.75. The largest absolute Gasteiger partial charge is 0.497 e. The maximum atomic E-state index is 11.4. The Bertz CT molecular complexity index is 473. The molecule has 0 radical (unpaired) electrons. The first-order valence-corrected chi connectivity index (χ1v) is 8.30. The Morgan fingerprint density at radius 2 is 2.10 bits per heavy atom. The number of hydrogen-bond acceptors (Lipinski definition) is 4. The molecule has 1 aromatic carbocycles. The first-order valence-electron chi connectivity index (χ1n) is 7.31. The van der Waals surface area contributed by atoms with Gasteiger partial charge in [0.25, 0.3) is 0 Å². The molecular weight excluding hydrogens is 286 g/mol. The van der Waals surface area contributed by atoms with Crippen LogP contribution in [-0.2, 0) is 4.79 Å². The Morgan fingerprint density at radius 3 is 2.62 bits per heavy atom. The fraction of sp³-hybridized carbons (Fsp3) is 0.562. The molecule has 116 valence electrons. The third kappa shape index (κ3) is 4.93. The summed E-state index contributed by atoms with van der Waals surface area (Å²) in [6.07, 6.45) is 3.73. The lowest BCUT2D eigenvalue weighted by Gasteiger charge is -2.26. The monoisotopic (exact) mass is 309 g/mol. The molecule has 1 fully saturated rings. The van der Waals surface area contributed by atoms with E-state index >= 15 is 0 Å². The number of hydrogen-bond donors (Lipinski definition) is 2. The number of rotatable bonds is 9. The molecule has 1 aliphatic rings. The second-order valence-electron chi connectivity index (χ2n) is 5.68. The number of thioether (sulfide) groups is 1. The molecule has 0 bridgehead atoms. The average molecular weight is 309 g/mol. The van der Waals surface area contributed by atoms with Crippen molar-refractivity contribution in [2.75, 3.05) is 12.9 Å². The topological polar surface area (TPSA) is 58.6 Å². The third-order valence-corrected chi connectivity index (χ3v) is 4.82. The van der Waals surface area contributed by atoms with Crippen LogP contribution in [0.4, 0.5) is 0 Å². The van der Waals surface area contributed by atoms with Crippen molar-refractivity contribution in [3.8, 4) is 5.75 Å². The zero-order valence-electron chi connectivity index (χ0n) is 12.6. The van der Waals surface area contributed by atoms with E-state index in [2.05, 4.69) is 5.32 Å². The predicted octanol–water partition coefficient (Wildman–Crippen LogP) is 3.16. The lowest BCUT2D eigenvalue weighted by Crippen LogP contribution is -2.50. The van der Waals surface area contributed by atoms with Crippen LogP contribution >= 0.6 is 11.8 Å². The molecule has 21 heavy (non-hydrogen) atoms. The van der Waals surface area contributed by atoms with E-state index in [1.807, 2.05) is 24.3 Å². The van der Waals surface area contributed by atoms with Gasteiger partial charge < -0.3 is 9.84 Å². The second kappa shape index (κ2) is 7.18. The van der Waals surface area contributed by atoms with Gasteiger partial charge in [-0.3, -0.25) is 10.1 Å². The number of carbonyl (C=O) groups is 1. The molecule has 0 spiro atoms. The molecule has 1 atom stereocenters. The van der Waals surface area contributed by atoms with Crippen LogP contribution in [0.2, 0.25) is 0 Å². The average Bonchev–Trinajstić information content (AvgIpc) is 3.28. The highest BCUT2D eigenvalue weighted by atomic mass is 32.2. The highest BCUT2D eigenvalue weighted by molar-refractivity contribution is 7.99. The summed E-state index contributed by atoms with van der Waals surface area (Å²) in [6.45, 7) is 1.80. The van der Waals surface area contributed by atoms with E-state index < -0.39 is 11.5 Å². The van der Waals surface area contributed by atoms with Crippen LogP contribution in [0.5, 0.6) is 5.75 Å². The highest BCUT2D eigenvalue weighted by Gasteiger charge is 2.37. The van der Waals surface area contributed by atoms with Crippen molar-refractivity contribution < 1.29 is 14.6 Å². The summed E-state index contributed by atoms with van der Waals surface area (Å²) < 4.78 is 5.13. The van der Waals surface area contributed by atoms with E-state index in [0.717, 1.165) is 30.8 Å². The number of aliphatic carboxylic acids is 1. The number of methoxy groups -OCH3 is 1. The molecular formula is C16H23NO3S. The zero-order valence-corrected chi connectivity index (χ0v) is 13.4. The maximum absolute atomic E-state index is 11.4. The molecule has 5 heteroatoms. The van der Waals surface area contributed by atoms with Gasteiger partial charge in [-0.2, -0.15) is 0 Å². The Labute approximate surface area is 130 Å². The Balaban J connectivity index is 1.75. The first-order chi connectivity index (χ1) is 10.0. The molecule has 0 aromatic heterocycles. The van der Waals surface area contributed by atoms with Gasteiger partial charge in [0.15, 0.2) is 0 Å². The van der Waals surface area contributed by atoms with Crippen molar-refractivity contribution in [3.63, 3.8) is 0 Å². The Hall–Kier alpha value is -1.20. The van der Waals surface area contributed by atoms with Crippen LogP contribution in [0.3, 0.4) is 0 Å². The number of carboxylic acids is 1. The second-order valence-corrected chi connectivity index (χ2v) is 6.85. The van der Waals surface area contributed by atoms with Crippen LogP contribution in [0.25, 0.3) is 0 Å². The molecule has 1 aliphatic carbocycles. The van der Waals surface area contributed by atoms with Crippen molar-refractivity contribution in [1.82, 2.24) is 5.32 Å². The van der Waals surface area contributed by atoms with E-state index in [4.69, 9.17) is 4.74 Å². The Kier molecular flexibility index (Phi) is 5.53. The van der Waals surface area contributed by atoms with Gasteiger partial charge in [-0.15, -0.1) is 11.8 Å². The molecule has 4 nitrogen and oxygen atoms in total. The van der Waals surface area contributed by atoms with Crippen LogP contribution in [0, 0.1) is 0 Å². The van der Waals surface area contributed by atoms with E-state index in [1.165, 1.54) is 4.90 Å². The Morgan fingerprint density at radius 1 is 1.43 bits per heavy atom. The van der Waals surface area contributed by atoms with E-state index in [-0.39, 0.29) is 0 Å². The normalized spacial score (nSPS) is 17.2. The van der Waals surface area contributed by atoms with Gasteiger partial charge in [-0.25, -0.2) is 0 Å². The van der Waals surface area contributed by atoms with Gasteiger partial charge in [-0.05, 0) is 62.6 Å². The predicted molar refractivity (Wildman–Crippen MR) is 85.2 cm³/mol. The number of nitrogens with one attached hydrogen (secondary N) is 1. The van der Waals surface area contributed by atoms with Crippen molar-refractivity contribution in [2.45, 2.75) is 49.1 Å². The quantitative estimate of drug-likeness (QED) is 0.542. The fourth-order valence-corrected chi connectivity index (χ4v) is 3.06. The summed E-state index contributed by atoms with van der Waals surface area (Å²) in [7, 11) is 1.65. The van der Waals surface area contributed by atoms with Gasteiger partial charge in [0, 0.05) is 10.9 Å². The molecule has 0 heterocycles. The van der Waals surface area contributed by atoms with Crippen molar-refractivity contribution in [3.05, 3.63) is 24.3 Å². The summed E-state index contributed by atoms with van der Waals surface area (Å²) in [6, 6.07) is 8.35. The lowest BCUT2D eigenvalue weighted by molar-refractivity contribution is -0.144. The molecule has 2 N–H and O–H groups in total. The fourth-order valence-electron chi connectivity index (χ4n) is 2.21. The van der Waals surface area contributed by atoms with Gasteiger partial charge in [0.05, 0.1) is 7.11 Å². The molecule has 0 aliphatic heterocycles. The lowest BCUT2D eigenvalue weighted by atomic mass is 9.96. The highest BCUT2D eigenvalue weighted by Crippen LogP contribution is 2.27. The van der Waals surface area contributed by atoms with E-state index in [0.29, 0.717) is 12.5 Å². The number of ether oxygens (including phenoxy) is 1. The van der Waals surface area contributed by atoms with Crippen LogP contribution < -0.4 is 10.1 Å². The summed E-state index contributed by atoms with van der Waals surface area (Å²) in [4.78, 5) is 12.6. The number of carboxylic acid groups (broad SMARTS) is 1. The van der Waals surface area contributed by atoms with Crippen molar-refractivity contribution in [1.29, 1.82) is 0 Å². The first kappa shape index (κ1) is 16.2. The minimum atomic E-state index is -0.790. The van der Waals surface area contributed by atoms with Gasteiger partial charge in [0.1, 0.15) is 11.3 Å². The van der Waals surface area contributed by atoms with Gasteiger partial charge in [0.2, 0.25) is 0 Å². The van der Waals surface area contributed by atoms with E-state index in [1.54, 1.807) is 25.8 Å². The molecule has 2 rings (SSSR count). The summed E-state index contributed by atoms with van der Waals surface area (Å²) in [5, 5.41) is 12.7. The third-order valence-electron chi connectivity index (χ3n) is 3.72. The smallest absolute Gasteiger partial charge is 0.323 e. The maximum Gasteiger partial charge on any atom is 0.323 e. The minimum Gasteiger partial charge on any atom is -0.497 e. The molecule has 0 amide bonds. The number of benzene rings is 1. The van der Waals surface area contributed by atoms with Crippen molar-refractivity contribution >= 4 is 17.7 Å². The zero-order chi connectivity index (χ0) is 15.3. The van der Waals surface area contributed by atoms with Crippen LogP contribution in [0.15, 0.2) is 29.2 Å². The van der Waals surface area contributed by atoms with Crippen LogP contribution in [-0.4, -0.2) is 35.5 Å². The molecule has 1 unspecified atom stereocenters. The molecule has 1 aromatic rings. The summed E-state index contributed by atoms with van der Waals surface area (Å²) in [5.41, 5.74) is -0.790. The standard InChI is InChI=1S/C16H23NO3S/c1-16(15(18)19,17-12-4-5-12)10-3-11-21-14-8-6-13(20-2)7-9-14/h6-9,12,17H,3-5,10-11H2,1-2H3,(H,18,19). The van der Waals surface area contributed by atoms with Crippen molar-refractivity contribution in [2.24, 2.45) is 0 Å². The minimum absolute atomic E-state index is 0.403.